The first kappa shape index (κ1) is 11.9. The lowest BCUT2D eigenvalue weighted by Crippen LogP contribution is -2.36. The molecule has 1 unspecified atom stereocenters. The molecule has 0 saturated heterocycles. The van der Waals surface area contributed by atoms with Crippen LogP contribution in [0.25, 0.3) is 0 Å². The van der Waals surface area contributed by atoms with Gasteiger partial charge in [0.05, 0.1) is 11.8 Å². The van der Waals surface area contributed by atoms with Gasteiger partial charge in [0, 0.05) is 17.8 Å². The van der Waals surface area contributed by atoms with E-state index in [1.807, 2.05) is 24.3 Å². The van der Waals surface area contributed by atoms with Crippen LogP contribution in [0.4, 0.5) is 5.69 Å². The fourth-order valence-electron chi connectivity index (χ4n) is 2.38. The summed E-state index contributed by atoms with van der Waals surface area (Å²) in [5.74, 6) is 0.0422. The summed E-state index contributed by atoms with van der Waals surface area (Å²) in [7, 11) is 0. The van der Waals surface area contributed by atoms with Gasteiger partial charge in [-0.05, 0) is 19.4 Å². The molecule has 1 atom stereocenters. The Morgan fingerprint density at radius 1 is 1.47 bits per heavy atom. The quantitative estimate of drug-likeness (QED) is 0.850. The third kappa shape index (κ3) is 1.92. The smallest absolute Gasteiger partial charge is 0.295 e. The zero-order chi connectivity index (χ0) is 13.4. The number of nitrogens with zero attached hydrogens (tertiary/aromatic N) is 2. The van der Waals surface area contributed by atoms with Crippen LogP contribution >= 0.6 is 0 Å². The summed E-state index contributed by atoms with van der Waals surface area (Å²) < 4.78 is 5.16. The number of carbonyl (C=O) groups is 1. The normalized spacial score (nSPS) is 18.2. The van der Waals surface area contributed by atoms with Gasteiger partial charge >= 0.3 is 0 Å². The highest BCUT2D eigenvalue weighted by molar-refractivity contribution is 6.05. The molecule has 0 fully saturated rings. The number of aliphatic hydroxyl groups is 1. The first-order valence-electron chi connectivity index (χ1n) is 6.17. The summed E-state index contributed by atoms with van der Waals surface area (Å²) in [5, 5.41) is 9.97. The van der Waals surface area contributed by atoms with Gasteiger partial charge in [0.2, 0.25) is 5.76 Å². The van der Waals surface area contributed by atoms with Crippen LogP contribution in [0.15, 0.2) is 35.1 Å². The molecule has 0 radical (unpaired) electrons. The van der Waals surface area contributed by atoms with Gasteiger partial charge in [-0.1, -0.05) is 18.2 Å². The summed E-state index contributed by atoms with van der Waals surface area (Å²) in [6, 6.07) is 7.38. The molecule has 5 heteroatoms. The highest BCUT2D eigenvalue weighted by atomic mass is 16.3. The monoisotopic (exact) mass is 258 g/mol. The number of hydrogen-bond donors (Lipinski definition) is 1. The molecule has 5 nitrogen and oxygen atoms in total. The van der Waals surface area contributed by atoms with Crippen molar-refractivity contribution in [2.24, 2.45) is 0 Å². The molecule has 0 spiro atoms. The number of rotatable bonds is 1. The van der Waals surface area contributed by atoms with Gasteiger partial charge in [0.1, 0.15) is 0 Å². The van der Waals surface area contributed by atoms with Gasteiger partial charge < -0.3 is 14.4 Å². The van der Waals surface area contributed by atoms with E-state index in [9.17, 15) is 9.90 Å². The van der Waals surface area contributed by atoms with Crippen molar-refractivity contribution >= 4 is 11.6 Å². The first-order valence-corrected chi connectivity index (χ1v) is 6.17. The lowest BCUT2D eigenvalue weighted by molar-refractivity contribution is 0.0943. The zero-order valence-electron chi connectivity index (χ0n) is 10.5. The summed E-state index contributed by atoms with van der Waals surface area (Å²) in [6.45, 7) is 2.21. The Labute approximate surface area is 110 Å². The number of benzene rings is 1. The van der Waals surface area contributed by atoms with Gasteiger partial charge in [0.25, 0.3) is 5.91 Å². The minimum Gasteiger partial charge on any atom is -0.438 e. The number of hydrogen-bond acceptors (Lipinski definition) is 4. The summed E-state index contributed by atoms with van der Waals surface area (Å²) in [6.07, 6.45) is 1.28. The number of fused-ring (bicyclic) bond motifs is 1. The van der Waals surface area contributed by atoms with Crippen LogP contribution in [0, 0.1) is 6.92 Å². The molecule has 1 aromatic heterocycles. The SMILES string of the molecule is Cc1ncoc1C(=O)N1CCC(O)c2ccccc21. The fourth-order valence-corrected chi connectivity index (χ4v) is 2.38. The van der Waals surface area contributed by atoms with Crippen LogP contribution in [0.5, 0.6) is 0 Å². The second kappa shape index (κ2) is 4.51. The lowest BCUT2D eigenvalue weighted by Gasteiger charge is -2.31. The van der Waals surface area contributed by atoms with Crippen molar-refractivity contribution in [2.75, 3.05) is 11.4 Å². The maximum atomic E-state index is 12.5. The fraction of sp³-hybridized carbons (Fsp3) is 0.286. The maximum Gasteiger partial charge on any atom is 0.295 e. The van der Waals surface area contributed by atoms with Gasteiger partial charge in [-0.25, -0.2) is 4.98 Å². The maximum absolute atomic E-state index is 12.5. The summed E-state index contributed by atoms with van der Waals surface area (Å²) in [4.78, 5) is 18.0. The molecule has 1 N–H and O–H groups in total. The standard InChI is InChI=1S/C14H14N2O3/c1-9-13(19-8-15-9)14(18)16-7-6-12(17)10-4-2-3-5-11(10)16/h2-5,8,12,17H,6-7H2,1H3. The van der Waals surface area contributed by atoms with E-state index in [0.717, 1.165) is 11.3 Å². The number of para-hydroxylation sites is 1. The molecule has 1 aromatic carbocycles. The van der Waals surface area contributed by atoms with Crippen molar-refractivity contribution in [3.63, 3.8) is 0 Å². The van der Waals surface area contributed by atoms with Crippen molar-refractivity contribution in [3.05, 3.63) is 47.7 Å². The number of amides is 1. The van der Waals surface area contributed by atoms with E-state index >= 15 is 0 Å². The molecule has 1 aliphatic rings. The Balaban J connectivity index is 2.01. The van der Waals surface area contributed by atoms with Gasteiger partial charge in [-0.2, -0.15) is 0 Å². The number of anilines is 1. The summed E-state index contributed by atoms with van der Waals surface area (Å²) in [5.41, 5.74) is 2.09. The summed E-state index contributed by atoms with van der Waals surface area (Å²) >= 11 is 0. The number of aliphatic hydroxyl groups excluding tert-OH is 1. The van der Waals surface area contributed by atoms with E-state index in [0.29, 0.717) is 18.7 Å². The van der Waals surface area contributed by atoms with E-state index in [4.69, 9.17) is 4.42 Å². The molecule has 0 aliphatic carbocycles. The molecule has 1 amide bonds. The van der Waals surface area contributed by atoms with E-state index < -0.39 is 6.10 Å². The predicted octanol–water partition coefficient (Wildman–Crippen LogP) is 2.07. The third-order valence-electron chi connectivity index (χ3n) is 3.40. The van der Waals surface area contributed by atoms with Gasteiger partial charge in [-0.3, -0.25) is 4.79 Å². The van der Waals surface area contributed by atoms with E-state index in [1.165, 1.54) is 6.39 Å². The Kier molecular flexibility index (Phi) is 2.83. The van der Waals surface area contributed by atoms with Crippen LogP contribution < -0.4 is 4.90 Å². The van der Waals surface area contributed by atoms with Gasteiger partial charge in [0.15, 0.2) is 6.39 Å². The Hall–Kier alpha value is -2.14. The zero-order valence-corrected chi connectivity index (χ0v) is 10.5. The van der Waals surface area contributed by atoms with Crippen LogP contribution in [0.2, 0.25) is 0 Å². The Morgan fingerprint density at radius 3 is 3.00 bits per heavy atom. The van der Waals surface area contributed by atoms with Gasteiger partial charge in [-0.15, -0.1) is 0 Å². The molecular formula is C14H14N2O3. The van der Waals surface area contributed by atoms with Crippen molar-refractivity contribution in [2.45, 2.75) is 19.4 Å². The minimum atomic E-state index is -0.518. The molecule has 3 rings (SSSR count). The average molecular weight is 258 g/mol. The van der Waals surface area contributed by atoms with Crippen LogP contribution in [-0.2, 0) is 0 Å². The highest BCUT2D eigenvalue weighted by Gasteiger charge is 2.30. The number of aryl methyl sites for hydroxylation is 1. The van der Waals surface area contributed by atoms with Crippen LogP contribution in [0.1, 0.15) is 34.3 Å². The van der Waals surface area contributed by atoms with E-state index in [1.54, 1.807) is 11.8 Å². The molecule has 1 aliphatic heterocycles. The van der Waals surface area contributed by atoms with E-state index in [2.05, 4.69) is 4.98 Å². The first-order chi connectivity index (χ1) is 9.18. The predicted molar refractivity (Wildman–Crippen MR) is 68.9 cm³/mol. The van der Waals surface area contributed by atoms with Crippen molar-refractivity contribution in [1.29, 1.82) is 0 Å². The molecule has 2 aromatic rings. The largest absolute Gasteiger partial charge is 0.438 e. The Bertz CT molecular complexity index is 621. The number of oxazole rings is 1. The second-order valence-electron chi connectivity index (χ2n) is 4.59. The molecule has 2 heterocycles. The van der Waals surface area contributed by atoms with Crippen molar-refractivity contribution in [1.82, 2.24) is 4.98 Å². The molecule has 0 saturated carbocycles. The third-order valence-corrected chi connectivity index (χ3v) is 3.40. The average Bonchev–Trinajstić information content (AvgIpc) is 2.85. The molecule has 98 valence electrons. The topological polar surface area (TPSA) is 66.6 Å². The molecular weight excluding hydrogens is 244 g/mol. The number of carbonyl (C=O) groups excluding carboxylic acids is 1. The van der Waals surface area contributed by atoms with Crippen LogP contribution in [0.3, 0.4) is 0 Å². The van der Waals surface area contributed by atoms with Crippen LogP contribution in [-0.4, -0.2) is 22.5 Å². The lowest BCUT2D eigenvalue weighted by atomic mass is 9.98. The second-order valence-corrected chi connectivity index (χ2v) is 4.59. The molecule has 0 bridgehead atoms. The minimum absolute atomic E-state index is 0.214. The van der Waals surface area contributed by atoms with E-state index in [-0.39, 0.29) is 11.7 Å². The van der Waals surface area contributed by atoms with Crippen molar-refractivity contribution in [3.8, 4) is 0 Å². The molecule has 19 heavy (non-hydrogen) atoms. The Morgan fingerprint density at radius 2 is 2.26 bits per heavy atom. The highest BCUT2D eigenvalue weighted by Crippen LogP contribution is 2.34. The number of aromatic nitrogens is 1. The van der Waals surface area contributed by atoms with Crippen molar-refractivity contribution < 1.29 is 14.3 Å².